The fraction of sp³-hybridized carbons (Fsp3) is 0.714. The molecule has 18 atom stereocenters. The third kappa shape index (κ3) is 20.6. The Morgan fingerprint density at radius 3 is 1.28 bits per heavy atom. The highest BCUT2D eigenvalue weighted by Crippen LogP contribution is 2.56. The molecular formula is C56H94N18O24P6. The Hall–Kier alpha value is -4.70. The average Bonchev–Trinajstić information content (AvgIpc) is 0.795. The molecule has 0 spiro atoms. The Morgan fingerprint density at radius 2 is 0.846 bits per heavy atom. The number of likely N-dealkylation sites (N-methyl/N-ethyl adjacent to an activating group) is 1. The van der Waals surface area contributed by atoms with Gasteiger partial charge in [-0.3, -0.25) is 70.1 Å². The maximum absolute atomic E-state index is 15.8. The summed E-state index contributed by atoms with van der Waals surface area (Å²) in [5.74, 6) is -0.164. The smallest absolute Gasteiger partial charge is 0.351 e. The van der Waals surface area contributed by atoms with Gasteiger partial charge in [0.1, 0.15) is 11.6 Å². The highest BCUT2D eigenvalue weighted by Gasteiger charge is 2.46. The lowest BCUT2D eigenvalue weighted by Gasteiger charge is -2.44. The number of aromatic amines is 2. The molecule has 6 N–H and O–H groups in total. The summed E-state index contributed by atoms with van der Waals surface area (Å²) in [6, 6.07) is 2.73. The van der Waals surface area contributed by atoms with Crippen molar-refractivity contribution in [2.45, 2.75) is 101 Å². The van der Waals surface area contributed by atoms with Gasteiger partial charge in [0.15, 0.2) is 32.9 Å². The van der Waals surface area contributed by atoms with E-state index in [9.17, 15) is 51.6 Å². The molecule has 0 aromatic carbocycles. The van der Waals surface area contributed by atoms with Gasteiger partial charge in [0.05, 0.1) is 108 Å². The predicted molar refractivity (Wildman–Crippen MR) is 378 cm³/mol. The predicted octanol–water partition coefficient (Wildman–Crippen LogP) is -0.300. The maximum atomic E-state index is 15.8. The molecule has 0 radical (unpaired) electrons. The van der Waals surface area contributed by atoms with Crippen LogP contribution in [0.5, 0.6) is 0 Å². The first-order valence-corrected chi connectivity index (χ1v) is 42.1. The number of H-pyrrole nitrogens is 2. The van der Waals surface area contributed by atoms with Crippen LogP contribution in [0.15, 0.2) is 65.7 Å². The molecule has 42 nitrogen and oxygen atoms in total. The zero-order chi connectivity index (χ0) is 75.2. The number of morpholine rings is 6. The second-order valence-corrected chi connectivity index (χ2v) is 37.4. The lowest BCUT2D eigenvalue weighted by atomic mass is 10.2. The lowest BCUT2D eigenvalue weighted by Crippen LogP contribution is -2.51. The van der Waals surface area contributed by atoms with Crippen molar-refractivity contribution >= 4 is 59.5 Å². The molecule has 4 aromatic heterocycles. The lowest BCUT2D eigenvalue weighted by molar-refractivity contribution is -0.132. The molecule has 104 heavy (non-hydrogen) atoms. The topological polar surface area (TPSA) is 471 Å². The van der Waals surface area contributed by atoms with Crippen LogP contribution in [-0.2, 0) is 83.0 Å². The van der Waals surface area contributed by atoms with Gasteiger partial charge in [0.25, 0.3) is 35.7 Å². The van der Waals surface area contributed by atoms with Crippen molar-refractivity contribution in [3.63, 3.8) is 0 Å². The van der Waals surface area contributed by atoms with Crippen molar-refractivity contribution in [2.24, 2.45) is 0 Å². The summed E-state index contributed by atoms with van der Waals surface area (Å²) in [7, 11) is -12.0. The van der Waals surface area contributed by atoms with Gasteiger partial charge in [-0.25, -0.2) is 51.9 Å². The number of nitrogens with zero attached hydrogens (tertiary/aromatic N) is 14. The molecule has 0 amide bonds. The summed E-state index contributed by atoms with van der Waals surface area (Å²) < 4.78 is 174. The van der Waals surface area contributed by atoms with Gasteiger partial charge < -0.3 is 67.0 Å². The number of hydrogen-bond donors (Lipinski definition) is 4. The van der Waals surface area contributed by atoms with Gasteiger partial charge in [-0.05, 0) is 75.1 Å². The largest absolute Gasteiger partial charge is 0.383 e. The molecule has 4 aromatic rings. The second kappa shape index (κ2) is 35.8. The molecule has 0 aliphatic carbocycles. The van der Waals surface area contributed by atoms with E-state index >= 15 is 4.57 Å². The van der Waals surface area contributed by atoms with E-state index in [0.29, 0.717) is 12.1 Å². The van der Waals surface area contributed by atoms with E-state index in [0.717, 1.165) is 13.7 Å². The molecule has 10 rings (SSSR count). The Kier molecular flexibility index (Phi) is 28.1. The van der Waals surface area contributed by atoms with E-state index in [-0.39, 0.29) is 122 Å². The summed E-state index contributed by atoms with van der Waals surface area (Å²) in [4.78, 5) is 92.0. The summed E-state index contributed by atoms with van der Waals surface area (Å²) in [6.07, 6.45) is -5.21. The quantitative estimate of drug-likeness (QED) is 0.0507. The molecule has 6 aliphatic heterocycles. The van der Waals surface area contributed by atoms with Crippen LogP contribution < -0.4 is 45.3 Å². The van der Waals surface area contributed by atoms with Crippen LogP contribution in [0.1, 0.15) is 49.9 Å². The van der Waals surface area contributed by atoms with E-state index in [1.807, 2.05) is 11.8 Å². The minimum atomic E-state index is -4.32. The number of nitrogens with one attached hydrogen (secondary N) is 2. The van der Waals surface area contributed by atoms with Gasteiger partial charge in [-0.2, -0.15) is 9.97 Å². The number of aromatic nitrogens is 8. The Labute approximate surface area is 599 Å². The van der Waals surface area contributed by atoms with Crippen LogP contribution in [0.4, 0.5) is 11.6 Å². The number of aryl methyl sites for hydroxylation is 2. The van der Waals surface area contributed by atoms with Crippen LogP contribution in [0.3, 0.4) is 0 Å². The number of nitrogens with two attached hydrogens (primary N) is 2. The van der Waals surface area contributed by atoms with E-state index in [4.69, 9.17) is 67.0 Å². The number of nitrogen functional groups attached to an aromatic ring is 2. The van der Waals surface area contributed by atoms with Gasteiger partial charge in [0.2, 0.25) is 0 Å². The summed E-state index contributed by atoms with van der Waals surface area (Å²) in [5.41, 5.74) is 7.80. The zero-order valence-corrected chi connectivity index (χ0v) is 65.0. The van der Waals surface area contributed by atoms with Crippen molar-refractivity contribution in [1.82, 2.24) is 75.8 Å². The second-order valence-electron chi connectivity index (χ2n) is 26.5. The van der Waals surface area contributed by atoms with Crippen molar-refractivity contribution in [2.75, 3.05) is 172 Å². The average molecular weight is 1590 g/mol. The Morgan fingerprint density at radius 1 is 0.490 bits per heavy atom. The van der Waals surface area contributed by atoms with Gasteiger partial charge in [-0.15, -0.1) is 0 Å². The third-order valence-electron chi connectivity index (χ3n) is 17.6. The highest BCUT2D eigenvalue weighted by molar-refractivity contribution is 7.54. The number of rotatable bonds is 29. The molecule has 6 fully saturated rings. The zero-order valence-electron chi connectivity index (χ0n) is 59.2. The molecule has 18 unspecified atom stereocenters. The van der Waals surface area contributed by atoms with E-state index < -0.39 is 163 Å². The van der Waals surface area contributed by atoms with Crippen molar-refractivity contribution in [3.05, 3.63) is 111 Å². The van der Waals surface area contributed by atoms with Crippen LogP contribution in [-0.4, -0.2) is 285 Å². The molecule has 6 saturated heterocycles. The van der Waals surface area contributed by atoms with E-state index in [1.54, 1.807) is 44.3 Å². The SMILES string of the molecule is Cc1cn(C2CN(C)CC(CO[PH](=O)N3CC(CO[PH](=O)N4CC(COP(=O)(N(C)C)N5CC(CO[PH](=O)N6CC(C)OC(COP(=O)(N(C)C)N7CC(C)OC(CO[PH](C)=O)C7)C6)OC(n6cc(C)c(=O)[nH]c6=O)C5)OC(n5ccc(N)nc5=O)C4)OC(n4ccc(N)nc4=O)C3)O2)c(=O)[nH]c1=O. The number of ether oxygens (including phenoxy) is 6. The van der Waals surface area contributed by atoms with Crippen molar-refractivity contribution < 1.29 is 83.0 Å². The van der Waals surface area contributed by atoms with Crippen LogP contribution in [0, 0.1) is 13.8 Å². The van der Waals surface area contributed by atoms with Gasteiger partial charge in [0, 0.05) is 101 Å². The first-order chi connectivity index (χ1) is 49.2. The normalized spacial score (nSPS) is 29.3. The van der Waals surface area contributed by atoms with Crippen LogP contribution >= 0.6 is 47.9 Å². The summed E-state index contributed by atoms with van der Waals surface area (Å²) >= 11 is 0. The molecule has 10 heterocycles. The Balaban J connectivity index is 0.821. The van der Waals surface area contributed by atoms with E-state index in [1.165, 1.54) is 92.5 Å². The monoisotopic (exact) mass is 1590 g/mol. The van der Waals surface area contributed by atoms with Crippen molar-refractivity contribution in [3.8, 4) is 0 Å². The minimum Gasteiger partial charge on any atom is -0.383 e. The minimum absolute atomic E-state index is 0.0345. The van der Waals surface area contributed by atoms with Gasteiger partial charge in [-0.1, -0.05) is 0 Å². The number of hydrogen-bond acceptors (Lipinski definition) is 29. The first-order valence-electron chi connectivity index (χ1n) is 33.4. The standard InChI is InChI=1S/C56H94N18O24P6/c1-35-15-73(55(79)61-51(35)75)47-25-65(9)19-39(95-47)30-88-101(83)67-20-40(96-48(26-67)71-13-11-45(57)59-53(71)77)31-89-102(84)68-22-42(97-49(27-68)72-14-12-46(58)60-54(72)78)34-92-104(86,64(7)8)70-24-44(98-50(28-70)74-16-36(2)52(76)62-56(74)80)32-90-100(82)66-17-37(3)93-41(21-66)33-91-103(85,63(5)6)69-18-38(4)94-43(23-69)29-87-99(10)81/h11-16,37-44,47-50,99-102H,17-34H2,1-10H3,(H2,57,59,77)(H2,58,60,78)(H,61,75,79)(H,62,76,80). The molecule has 0 saturated carbocycles. The molecule has 0 bridgehead atoms. The fourth-order valence-corrected chi connectivity index (χ4v) is 20.8. The summed E-state index contributed by atoms with van der Waals surface area (Å²) in [5, 5.41) is 0. The van der Waals surface area contributed by atoms with Crippen molar-refractivity contribution in [1.29, 1.82) is 0 Å². The fourth-order valence-electron chi connectivity index (χ4n) is 12.6. The van der Waals surface area contributed by atoms with Crippen LogP contribution in [0.25, 0.3) is 0 Å². The summed E-state index contributed by atoms with van der Waals surface area (Å²) in [6.45, 7) is 6.41. The maximum Gasteiger partial charge on any atom is 0.351 e. The molecule has 582 valence electrons. The molecule has 6 aliphatic rings. The first kappa shape index (κ1) is 81.8. The van der Waals surface area contributed by atoms with E-state index in [2.05, 4.69) is 19.9 Å². The number of anilines is 2. The van der Waals surface area contributed by atoms with Crippen LogP contribution in [0.2, 0.25) is 0 Å². The third-order valence-corrected chi connectivity index (χ3v) is 27.2. The molecule has 48 heteroatoms. The highest BCUT2D eigenvalue weighted by atomic mass is 31.2. The Bertz CT molecular complexity index is 4250. The molecular weight excluding hydrogens is 1490 g/mol. The van der Waals surface area contributed by atoms with Gasteiger partial charge >= 0.3 is 38.1 Å².